The Kier molecular flexibility index (Phi) is 1.60. The quantitative estimate of drug-likeness (QED) is 0.483. The summed E-state index contributed by atoms with van der Waals surface area (Å²) in [6, 6.07) is 0. The van der Waals surface area contributed by atoms with Gasteiger partial charge in [-0.3, -0.25) is 4.79 Å². The molecular formula is C8H13O. The molecule has 1 heteroatoms. The fraction of sp³-hybridized carbons (Fsp3) is 0.750. The molecule has 0 spiro atoms. The predicted octanol–water partition coefficient (Wildman–Crippen LogP) is 1.97. The largest absolute Gasteiger partial charge is 0.299 e. The normalized spacial score (nSPS) is 26.2. The van der Waals surface area contributed by atoms with Gasteiger partial charge in [-0.05, 0) is 12.8 Å². The van der Waals surface area contributed by atoms with E-state index in [4.69, 9.17) is 0 Å². The van der Waals surface area contributed by atoms with Crippen molar-refractivity contribution < 1.29 is 4.79 Å². The van der Waals surface area contributed by atoms with Gasteiger partial charge in [0.15, 0.2) is 0 Å². The van der Waals surface area contributed by atoms with Crippen molar-refractivity contribution in [1.82, 2.24) is 0 Å². The molecule has 1 radical (unpaired) electrons. The lowest BCUT2D eigenvalue weighted by Crippen LogP contribution is -2.27. The molecule has 51 valence electrons. The lowest BCUT2D eigenvalue weighted by Gasteiger charge is -2.26. The van der Waals surface area contributed by atoms with E-state index in [1.807, 2.05) is 20.3 Å². The molecule has 0 amide bonds. The zero-order valence-electron chi connectivity index (χ0n) is 6.11. The molecule has 1 fully saturated rings. The average Bonchev–Trinajstić information content (AvgIpc) is 1.77. The van der Waals surface area contributed by atoms with Crippen molar-refractivity contribution >= 4 is 5.78 Å². The molecule has 0 unspecified atom stereocenters. The van der Waals surface area contributed by atoms with Gasteiger partial charge < -0.3 is 0 Å². The number of carbonyl (C=O) groups excluding carboxylic acids is 1. The summed E-state index contributed by atoms with van der Waals surface area (Å²) in [5.41, 5.74) is -0.0573. The van der Waals surface area contributed by atoms with Crippen LogP contribution in [0.25, 0.3) is 0 Å². The van der Waals surface area contributed by atoms with Crippen molar-refractivity contribution in [1.29, 1.82) is 0 Å². The first-order valence-corrected chi connectivity index (χ1v) is 3.50. The van der Waals surface area contributed by atoms with E-state index < -0.39 is 0 Å². The smallest absolute Gasteiger partial charge is 0.142 e. The summed E-state index contributed by atoms with van der Waals surface area (Å²) < 4.78 is 0. The molecule has 0 aromatic rings. The molecule has 1 nitrogen and oxygen atoms in total. The van der Waals surface area contributed by atoms with E-state index in [2.05, 4.69) is 0 Å². The van der Waals surface area contributed by atoms with Gasteiger partial charge in [0.2, 0.25) is 0 Å². The number of Topliss-reactive ketones (excluding diaryl/α,β-unsaturated/α-hetero) is 1. The number of carbonyl (C=O) groups is 1. The summed E-state index contributed by atoms with van der Waals surface area (Å²) in [5, 5.41) is 0. The lowest BCUT2D eigenvalue weighted by atomic mass is 9.76. The van der Waals surface area contributed by atoms with Crippen LogP contribution in [0.4, 0.5) is 0 Å². The van der Waals surface area contributed by atoms with Crippen LogP contribution >= 0.6 is 0 Å². The molecule has 0 N–H and O–H groups in total. The van der Waals surface area contributed by atoms with E-state index in [0.717, 1.165) is 12.8 Å². The highest BCUT2D eigenvalue weighted by atomic mass is 16.1. The first-order chi connectivity index (χ1) is 4.13. The summed E-state index contributed by atoms with van der Waals surface area (Å²) in [6.07, 6.45) is 5.05. The van der Waals surface area contributed by atoms with Crippen molar-refractivity contribution in [3.63, 3.8) is 0 Å². The Morgan fingerprint density at radius 3 is 2.56 bits per heavy atom. The highest BCUT2D eigenvalue weighted by Gasteiger charge is 2.29. The van der Waals surface area contributed by atoms with Gasteiger partial charge >= 0.3 is 0 Å². The molecule has 1 rings (SSSR count). The van der Waals surface area contributed by atoms with Crippen LogP contribution in [0.15, 0.2) is 0 Å². The minimum absolute atomic E-state index is 0.0573. The van der Waals surface area contributed by atoms with Crippen molar-refractivity contribution in [2.75, 3.05) is 0 Å². The summed E-state index contributed by atoms with van der Waals surface area (Å²) >= 11 is 0. The third-order valence-corrected chi connectivity index (χ3v) is 2.00. The van der Waals surface area contributed by atoms with Gasteiger partial charge in [-0.2, -0.15) is 0 Å². The van der Waals surface area contributed by atoms with Crippen LogP contribution in [0.2, 0.25) is 0 Å². The topological polar surface area (TPSA) is 17.1 Å². The van der Waals surface area contributed by atoms with Crippen molar-refractivity contribution in [3.05, 3.63) is 6.42 Å². The average molecular weight is 125 g/mol. The number of ketones is 1. The predicted molar refractivity (Wildman–Crippen MR) is 36.9 cm³/mol. The maximum atomic E-state index is 11.1. The fourth-order valence-electron chi connectivity index (χ4n) is 1.18. The molecule has 0 heterocycles. The Hall–Kier alpha value is -0.330. The van der Waals surface area contributed by atoms with E-state index in [1.54, 1.807) is 0 Å². The van der Waals surface area contributed by atoms with Gasteiger partial charge in [0, 0.05) is 11.8 Å². The first-order valence-electron chi connectivity index (χ1n) is 3.50. The standard InChI is InChI=1S/C8H13O/c1-8(2)6-4-3-5-7(8)9/h5H,3-4,6H2,1-2H3. The van der Waals surface area contributed by atoms with Crippen LogP contribution in [0.1, 0.15) is 33.1 Å². The first kappa shape index (κ1) is 6.79. The van der Waals surface area contributed by atoms with Crippen molar-refractivity contribution in [2.45, 2.75) is 33.1 Å². The maximum absolute atomic E-state index is 11.1. The molecular weight excluding hydrogens is 112 g/mol. The van der Waals surface area contributed by atoms with Gasteiger partial charge in [-0.1, -0.05) is 20.3 Å². The lowest BCUT2D eigenvalue weighted by molar-refractivity contribution is -0.125. The molecule has 0 aliphatic heterocycles. The Morgan fingerprint density at radius 1 is 1.56 bits per heavy atom. The summed E-state index contributed by atoms with van der Waals surface area (Å²) in [6.45, 7) is 4.04. The van der Waals surface area contributed by atoms with Gasteiger partial charge in [0.1, 0.15) is 5.78 Å². The molecule has 1 aliphatic carbocycles. The van der Waals surface area contributed by atoms with Gasteiger partial charge in [-0.15, -0.1) is 0 Å². The summed E-state index contributed by atoms with van der Waals surface area (Å²) in [7, 11) is 0. The summed E-state index contributed by atoms with van der Waals surface area (Å²) in [5.74, 6) is 0.328. The van der Waals surface area contributed by atoms with Gasteiger partial charge in [-0.25, -0.2) is 0 Å². The van der Waals surface area contributed by atoms with E-state index in [0.29, 0.717) is 5.78 Å². The van der Waals surface area contributed by atoms with Crippen molar-refractivity contribution in [3.8, 4) is 0 Å². The van der Waals surface area contributed by atoms with Crippen LogP contribution in [0.5, 0.6) is 0 Å². The highest BCUT2D eigenvalue weighted by molar-refractivity contribution is 5.92. The minimum Gasteiger partial charge on any atom is -0.299 e. The number of hydrogen-bond acceptors (Lipinski definition) is 1. The Balaban J connectivity index is 2.60. The van der Waals surface area contributed by atoms with Crippen LogP contribution in [0, 0.1) is 11.8 Å². The molecule has 0 atom stereocenters. The van der Waals surface area contributed by atoms with E-state index in [9.17, 15) is 4.79 Å². The number of hydrogen-bond donors (Lipinski definition) is 0. The molecule has 0 bridgehead atoms. The number of rotatable bonds is 0. The summed E-state index contributed by atoms with van der Waals surface area (Å²) in [4.78, 5) is 11.1. The van der Waals surface area contributed by atoms with Gasteiger partial charge in [0.25, 0.3) is 0 Å². The van der Waals surface area contributed by atoms with Crippen LogP contribution in [0.3, 0.4) is 0 Å². The Bertz CT molecular complexity index is 125. The highest BCUT2D eigenvalue weighted by Crippen LogP contribution is 2.30. The molecule has 9 heavy (non-hydrogen) atoms. The zero-order chi connectivity index (χ0) is 6.91. The molecule has 0 aromatic heterocycles. The SMILES string of the molecule is CC1(C)CCC[CH]C1=O. The fourth-order valence-corrected chi connectivity index (χ4v) is 1.18. The zero-order valence-corrected chi connectivity index (χ0v) is 6.11. The van der Waals surface area contributed by atoms with E-state index in [1.165, 1.54) is 6.42 Å². The Labute approximate surface area is 56.4 Å². The third kappa shape index (κ3) is 1.32. The van der Waals surface area contributed by atoms with E-state index >= 15 is 0 Å². The molecule has 0 aromatic carbocycles. The van der Waals surface area contributed by atoms with Crippen LogP contribution in [-0.4, -0.2) is 5.78 Å². The molecule has 1 saturated carbocycles. The third-order valence-electron chi connectivity index (χ3n) is 2.00. The van der Waals surface area contributed by atoms with Crippen LogP contribution in [-0.2, 0) is 4.79 Å². The Morgan fingerprint density at radius 2 is 2.22 bits per heavy atom. The van der Waals surface area contributed by atoms with E-state index in [-0.39, 0.29) is 5.41 Å². The molecule has 1 aliphatic rings. The maximum Gasteiger partial charge on any atom is 0.142 e. The molecule has 0 saturated heterocycles. The second kappa shape index (κ2) is 2.13. The minimum atomic E-state index is -0.0573. The van der Waals surface area contributed by atoms with Gasteiger partial charge in [0.05, 0.1) is 0 Å². The van der Waals surface area contributed by atoms with Crippen LogP contribution < -0.4 is 0 Å². The second-order valence-electron chi connectivity index (χ2n) is 3.34. The van der Waals surface area contributed by atoms with Crippen molar-refractivity contribution in [2.24, 2.45) is 5.41 Å². The monoisotopic (exact) mass is 125 g/mol. The second-order valence-corrected chi connectivity index (χ2v) is 3.34.